The lowest BCUT2D eigenvalue weighted by molar-refractivity contribution is -0.113. The number of benzene rings is 1. The average Bonchev–Trinajstić information content (AvgIpc) is 3.78. The van der Waals surface area contributed by atoms with Gasteiger partial charge in [-0.3, -0.25) is 14.4 Å². The van der Waals surface area contributed by atoms with Crippen molar-refractivity contribution in [3.8, 4) is 0 Å². The van der Waals surface area contributed by atoms with Crippen LogP contribution in [0.1, 0.15) is 97.1 Å². The molecule has 4 aromatic rings. The van der Waals surface area contributed by atoms with Crippen molar-refractivity contribution in [3.05, 3.63) is 65.1 Å². The summed E-state index contributed by atoms with van der Waals surface area (Å²) in [6.45, 7) is 20.6. The van der Waals surface area contributed by atoms with Crippen molar-refractivity contribution in [2.45, 2.75) is 86.6 Å². The predicted octanol–water partition coefficient (Wildman–Crippen LogP) is 8.26. The molecule has 1 aliphatic heterocycles. The molecule has 1 saturated heterocycles. The summed E-state index contributed by atoms with van der Waals surface area (Å²) in [6.07, 6.45) is 9.07. The molecule has 1 saturated carbocycles. The van der Waals surface area contributed by atoms with Crippen LogP contribution in [0.25, 0.3) is 22.0 Å². The highest BCUT2D eigenvalue weighted by molar-refractivity contribution is 6.06. The first-order valence-corrected chi connectivity index (χ1v) is 17.0. The molecule has 3 aromatic heterocycles. The highest BCUT2D eigenvalue weighted by Crippen LogP contribution is 2.35. The number of aldehydes is 1. The van der Waals surface area contributed by atoms with Gasteiger partial charge in [0.1, 0.15) is 11.2 Å². The fourth-order valence-corrected chi connectivity index (χ4v) is 5.41. The van der Waals surface area contributed by atoms with Crippen LogP contribution >= 0.6 is 0 Å². The fraction of sp³-hybridized carbons (Fsp3) is 0.486. The second-order valence-corrected chi connectivity index (χ2v) is 11.4. The second kappa shape index (κ2) is 18.1. The first kappa shape index (κ1) is 37.2. The average molecular weight is 646 g/mol. The molecule has 4 heterocycles. The third kappa shape index (κ3) is 8.74. The number of rotatable bonds is 7. The van der Waals surface area contributed by atoms with Crippen LogP contribution in [0.5, 0.6) is 0 Å². The quantitative estimate of drug-likeness (QED) is 0.146. The molecule has 2 fully saturated rings. The van der Waals surface area contributed by atoms with Crippen LogP contribution < -0.4 is 15.2 Å². The molecule has 0 unspecified atom stereocenters. The highest BCUT2D eigenvalue weighted by Gasteiger charge is 2.25. The lowest BCUT2D eigenvalue weighted by atomic mass is 10.2. The van der Waals surface area contributed by atoms with Crippen molar-refractivity contribution in [1.82, 2.24) is 14.5 Å². The van der Waals surface area contributed by atoms with Gasteiger partial charge >= 0.3 is 0 Å². The van der Waals surface area contributed by atoms with Crippen molar-refractivity contribution in [2.75, 3.05) is 36.1 Å². The molecule has 254 valence electrons. The van der Waals surface area contributed by atoms with Gasteiger partial charge in [0.15, 0.2) is 17.6 Å². The van der Waals surface area contributed by atoms with E-state index in [2.05, 4.69) is 32.3 Å². The van der Waals surface area contributed by atoms with Crippen LogP contribution in [-0.2, 0) is 9.53 Å². The van der Waals surface area contributed by atoms with Crippen LogP contribution in [0.2, 0.25) is 0 Å². The van der Waals surface area contributed by atoms with Crippen molar-refractivity contribution in [1.29, 1.82) is 0 Å². The number of hydrogen-bond acceptors (Lipinski definition) is 8. The number of morpholine rings is 1. The number of nitrogens with zero attached hydrogens (tertiary/aromatic N) is 5. The molecule has 0 spiro atoms. The third-order valence-corrected chi connectivity index (χ3v) is 8.10. The van der Waals surface area contributed by atoms with Crippen LogP contribution in [0.15, 0.2) is 58.4 Å². The summed E-state index contributed by atoms with van der Waals surface area (Å²) in [5, 5.41) is 1.13. The second-order valence-electron chi connectivity index (χ2n) is 11.4. The van der Waals surface area contributed by atoms with E-state index in [0.717, 1.165) is 43.3 Å². The summed E-state index contributed by atoms with van der Waals surface area (Å²) >= 11 is 0. The van der Waals surface area contributed by atoms with E-state index in [0.29, 0.717) is 60.2 Å². The van der Waals surface area contributed by atoms with E-state index in [4.69, 9.17) is 14.1 Å². The molecule has 47 heavy (non-hydrogen) atoms. The maximum atomic E-state index is 13.1. The predicted molar refractivity (Wildman–Crippen MR) is 191 cm³/mol. The number of carbonyl (C=O) groups excluding carboxylic acids is 2. The largest absolute Gasteiger partial charge is 0.440 e. The van der Waals surface area contributed by atoms with Gasteiger partial charge in [-0.2, -0.15) is 4.98 Å². The number of carbonyl (C=O) groups is 2. The Hall–Kier alpha value is -4.31. The summed E-state index contributed by atoms with van der Waals surface area (Å²) in [6, 6.07) is 8.37. The van der Waals surface area contributed by atoms with Gasteiger partial charge in [-0.25, -0.2) is 9.88 Å². The molecular weight excluding hydrogens is 594 g/mol. The van der Waals surface area contributed by atoms with Crippen LogP contribution in [0, 0.1) is 5.92 Å². The Morgan fingerprint density at radius 2 is 1.74 bits per heavy atom. The van der Waals surface area contributed by atoms with E-state index >= 15 is 0 Å². The summed E-state index contributed by atoms with van der Waals surface area (Å²) in [5.41, 5.74) is 1.75. The first-order chi connectivity index (χ1) is 22.8. The Labute approximate surface area is 278 Å². The van der Waals surface area contributed by atoms with E-state index in [1.54, 1.807) is 30.5 Å². The maximum absolute atomic E-state index is 13.1. The minimum absolute atomic E-state index is 0.142. The zero-order valence-electron chi connectivity index (χ0n) is 29.1. The van der Waals surface area contributed by atoms with Gasteiger partial charge in [0, 0.05) is 42.8 Å². The number of aromatic nitrogens is 3. The first-order valence-electron chi connectivity index (χ1n) is 17.0. The Morgan fingerprint density at radius 3 is 2.34 bits per heavy atom. The molecule has 6 rings (SSSR count). The number of hydrogen-bond donors (Lipinski definition) is 0. The van der Waals surface area contributed by atoms with Crippen LogP contribution in [0.3, 0.4) is 0 Å². The smallest absolute Gasteiger partial charge is 0.257 e. The van der Waals surface area contributed by atoms with Crippen molar-refractivity contribution in [3.63, 3.8) is 0 Å². The molecule has 0 N–H and O–H groups in total. The number of anilines is 3. The molecular formula is C37H51N5O5. The lowest BCUT2D eigenvalue weighted by Gasteiger charge is -2.27. The molecule has 1 aromatic carbocycles. The van der Waals surface area contributed by atoms with Crippen molar-refractivity contribution >= 4 is 51.7 Å². The van der Waals surface area contributed by atoms with E-state index in [9.17, 15) is 14.4 Å². The molecule has 0 radical (unpaired) electrons. The fourth-order valence-electron chi connectivity index (χ4n) is 5.41. The lowest BCUT2D eigenvalue weighted by Crippen LogP contribution is -2.36. The highest BCUT2D eigenvalue weighted by atomic mass is 16.5. The van der Waals surface area contributed by atoms with E-state index < -0.39 is 5.91 Å². The molecule has 0 bridgehead atoms. The number of fused-ring (bicyclic) bond motifs is 2. The number of ether oxygens (including phenoxy) is 1. The monoisotopic (exact) mass is 645 g/mol. The van der Waals surface area contributed by atoms with Gasteiger partial charge in [-0.1, -0.05) is 74.3 Å². The van der Waals surface area contributed by atoms with Crippen LogP contribution in [0.4, 0.5) is 17.5 Å². The van der Waals surface area contributed by atoms with Crippen molar-refractivity contribution < 1.29 is 18.7 Å². The molecule has 10 heteroatoms. The van der Waals surface area contributed by atoms with E-state index in [1.807, 2.05) is 37.2 Å². The summed E-state index contributed by atoms with van der Waals surface area (Å²) < 4.78 is 13.5. The maximum Gasteiger partial charge on any atom is 0.257 e. The zero-order valence-corrected chi connectivity index (χ0v) is 29.1. The molecule has 1 amide bonds. The Bertz CT molecular complexity index is 1680. The Morgan fingerprint density at radius 1 is 1.09 bits per heavy atom. The van der Waals surface area contributed by atoms with Crippen LogP contribution in [-0.4, -0.2) is 53.0 Å². The van der Waals surface area contributed by atoms with Gasteiger partial charge < -0.3 is 18.6 Å². The normalized spacial score (nSPS) is 14.4. The third-order valence-electron chi connectivity index (χ3n) is 8.10. The molecule has 2 aliphatic rings. The molecule has 0 atom stereocenters. The van der Waals surface area contributed by atoms with E-state index in [1.165, 1.54) is 23.5 Å². The Balaban J connectivity index is 0.000000602. The minimum atomic E-state index is -0.440. The summed E-state index contributed by atoms with van der Waals surface area (Å²) in [7, 11) is 0. The van der Waals surface area contributed by atoms with Crippen molar-refractivity contribution in [2.24, 2.45) is 5.92 Å². The van der Waals surface area contributed by atoms with Gasteiger partial charge in [0.05, 0.1) is 30.0 Å². The van der Waals surface area contributed by atoms with Gasteiger partial charge in [0.2, 0.25) is 5.95 Å². The standard InChI is InChI=1S/C28H27N5O5.C5H12.2C2H6/c1-2-25(36)33(28-29-16-18-13-21(17-34)32(27(18)30-28)19-5-3-4-6-19)20-7-8-22-23(35)15-26(38-24(22)14-20)31-9-11-37-12-10-31;1-4-5(2)3;2*1-2/h2,7-8,13-17,19H,1,3-6,9-12H2;5H,4H2,1-3H3;2*1-2H3. The SMILES string of the molecule is C=CC(=O)N(c1ccc2c(=O)cc(N3CCOCC3)oc2c1)c1ncc2cc(C=O)n(C3CCCC3)c2n1.CC.CC.CCC(C)C. The molecule has 1 aliphatic carbocycles. The zero-order chi connectivity index (χ0) is 34.5. The minimum Gasteiger partial charge on any atom is -0.440 e. The number of amides is 1. The Kier molecular flexibility index (Phi) is 14.3. The van der Waals surface area contributed by atoms with E-state index in [-0.39, 0.29) is 17.4 Å². The summed E-state index contributed by atoms with van der Waals surface area (Å²) in [5.74, 6) is 1.04. The summed E-state index contributed by atoms with van der Waals surface area (Å²) in [4.78, 5) is 50.3. The molecule has 10 nitrogen and oxygen atoms in total. The topological polar surface area (TPSA) is 111 Å². The van der Waals surface area contributed by atoms with Gasteiger partial charge in [-0.05, 0) is 43.0 Å². The van der Waals surface area contributed by atoms with Gasteiger partial charge in [-0.15, -0.1) is 0 Å². The van der Waals surface area contributed by atoms with Gasteiger partial charge in [0.25, 0.3) is 5.91 Å².